The number of ether oxygens (including phenoxy) is 2. The molecule has 0 saturated carbocycles. The van der Waals surface area contributed by atoms with Gasteiger partial charge < -0.3 is 25.0 Å². The molecule has 1 aliphatic rings. The van der Waals surface area contributed by atoms with Crippen LogP contribution in [0.3, 0.4) is 0 Å². The van der Waals surface area contributed by atoms with Crippen LogP contribution >= 0.6 is 11.3 Å². The fraction of sp³-hybridized carbons (Fsp3) is 0.286. The lowest BCUT2D eigenvalue weighted by Gasteiger charge is -2.33. The molecule has 2 aromatic carbocycles. The second-order valence-corrected chi connectivity index (χ2v) is 10.4. The van der Waals surface area contributed by atoms with Crippen LogP contribution < -0.4 is 15.4 Å². The van der Waals surface area contributed by atoms with Crippen molar-refractivity contribution >= 4 is 49.1 Å². The highest BCUT2D eigenvalue weighted by Crippen LogP contribution is 2.43. The molecule has 2 aromatic heterocycles. The third-order valence-electron chi connectivity index (χ3n) is 7.31. The van der Waals surface area contributed by atoms with Gasteiger partial charge in [-0.1, -0.05) is 18.7 Å². The number of carbonyl (C=O) groups excluding carboxylic acids is 1. The summed E-state index contributed by atoms with van der Waals surface area (Å²) in [7, 11) is 4.77. The number of aromatic nitrogens is 2. The third kappa shape index (κ3) is 4.27. The van der Waals surface area contributed by atoms with E-state index in [1.165, 1.54) is 25.3 Å². The van der Waals surface area contributed by atoms with Crippen molar-refractivity contribution in [2.75, 3.05) is 45.1 Å². The number of benzene rings is 2. The van der Waals surface area contributed by atoms with E-state index < -0.39 is 11.6 Å². The van der Waals surface area contributed by atoms with Gasteiger partial charge in [0.2, 0.25) is 5.91 Å². The smallest absolute Gasteiger partial charge is 0.318 e. The van der Waals surface area contributed by atoms with Crippen molar-refractivity contribution in [2.45, 2.75) is 18.5 Å². The van der Waals surface area contributed by atoms with Gasteiger partial charge in [0.25, 0.3) is 0 Å². The highest BCUT2D eigenvalue weighted by Gasteiger charge is 2.39. The molecule has 12 heteroatoms. The van der Waals surface area contributed by atoms with Crippen LogP contribution in [0, 0.1) is 23.0 Å². The van der Waals surface area contributed by atoms with Gasteiger partial charge in [0.1, 0.15) is 28.2 Å². The zero-order chi connectivity index (χ0) is 28.7. The van der Waals surface area contributed by atoms with E-state index in [9.17, 15) is 14.4 Å². The lowest BCUT2D eigenvalue weighted by Crippen LogP contribution is -2.48. The number of carbonyl (C=O) groups is 1. The summed E-state index contributed by atoms with van der Waals surface area (Å²) in [5, 5.41) is 10.5. The number of anilines is 2. The van der Waals surface area contributed by atoms with Gasteiger partial charge in [-0.25, -0.2) is 8.78 Å². The maximum absolute atomic E-state index is 16.3. The van der Waals surface area contributed by atoms with Crippen molar-refractivity contribution in [3.05, 3.63) is 54.1 Å². The van der Waals surface area contributed by atoms with Crippen LogP contribution in [-0.2, 0) is 9.53 Å². The van der Waals surface area contributed by atoms with Crippen molar-refractivity contribution in [1.29, 1.82) is 5.26 Å². The van der Waals surface area contributed by atoms with Gasteiger partial charge in [0, 0.05) is 37.0 Å². The first-order chi connectivity index (χ1) is 19.2. The molecule has 2 atom stereocenters. The molecule has 0 bridgehead atoms. The fourth-order valence-electron chi connectivity index (χ4n) is 5.43. The maximum Gasteiger partial charge on any atom is 0.318 e. The van der Waals surface area contributed by atoms with Crippen molar-refractivity contribution in [3.63, 3.8) is 0 Å². The molecule has 2 N–H and O–H groups in total. The molecule has 3 heterocycles. The normalized spacial score (nSPS) is 16.9. The van der Waals surface area contributed by atoms with Crippen LogP contribution in [-0.4, -0.2) is 67.3 Å². The average molecular weight is 565 g/mol. The average Bonchev–Trinajstić information content (AvgIpc) is 3.53. The number of rotatable bonds is 7. The minimum absolute atomic E-state index is 0.00861. The van der Waals surface area contributed by atoms with Gasteiger partial charge in [0.05, 0.1) is 36.1 Å². The quantitative estimate of drug-likeness (QED) is 0.326. The summed E-state index contributed by atoms with van der Waals surface area (Å²) >= 11 is 0.944. The molecule has 206 valence electrons. The predicted molar refractivity (Wildman–Crippen MR) is 150 cm³/mol. The Balaban J connectivity index is 1.67. The molecular weight excluding hydrogens is 538 g/mol. The van der Waals surface area contributed by atoms with Gasteiger partial charge in [0.15, 0.2) is 5.82 Å². The summed E-state index contributed by atoms with van der Waals surface area (Å²) in [6.07, 6.45) is 1.90. The van der Waals surface area contributed by atoms with Gasteiger partial charge >= 0.3 is 6.01 Å². The van der Waals surface area contributed by atoms with E-state index in [1.807, 2.05) is 18.0 Å². The highest BCUT2D eigenvalue weighted by atomic mass is 32.1. The number of nitrogen functional groups attached to an aromatic ring is 1. The zero-order valence-corrected chi connectivity index (χ0v) is 22.9. The predicted octanol–water partition coefficient (Wildman–Crippen LogP) is 4.49. The van der Waals surface area contributed by atoms with Crippen LogP contribution in [0.4, 0.5) is 19.6 Å². The number of likely N-dealkylation sites (N-methyl/N-ethyl adjacent to an activating group) is 1. The van der Waals surface area contributed by atoms with Gasteiger partial charge in [-0.3, -0.25) is 4.79 Å². The zero-order valence-electron chi connectivity index (χ0n) is 22.1. The topological polar surface area (TPSA) is 118 Å². The summed E-state index contributed by atoms with van der Waals surface area (Å²) in [5.41, 5.74) is 6.52. The van der Waals surface area contributed by atoms with Crippen LogP contribution in [0.25, 0.3) is 32.1 Å². The Morgan fingerprint density at radius 1 is 1.30 bits per heavy atom. The number of hydrogen-bond donors (Lipinski definition) is 1. The molecule has 4 aromatic rings. The van der Waals surface area contributed by atoms with E-state index in [4.69, 9.17) is 15.2 Å². The number of thiophene rings is 1. The highest BCUT2D eigenvalue weighted by molar-refractivity contribution is 7.23. The molecule has 1 saturated heterocycles. The second kappa shape index (κ2) is 10.7. The molecule has 9 nitrogen and oxygen atoms in total. The Morgan fingerprint density at radius 2 is 2.05 bits per heavy atom. The number of amides is 1. The van der Waals surface area contributed by atoms with Crippen LogP contribution in [0.15, 0.2) is 36.9 Å². The van der Waals surface area contributed by atoms with Crippen LogP contribution in [0.2, 0.25) is 0 Å². The van der Waals surface area contributed by atoms with Crippen molar-refractivity contribution in [2.24, 2.45) is 0 Å². The Labute approximate surface area is 233 Å². The molecule has 0 aliphatic carbocycles. The summed E-state index contributed by atoms with van der Waals surface area (Å²) in [6, 6.07) is 7.38. The number of fused-ring (bicyclic) bond motifs is 2. The molecule has 1 fully saturated rings. The maximum atomic E-state index is 16.3. The van der Waals surface area contributed by atoms with Crippen LogP contribution in [0.1, 0.15) is 12.0 Å². The fourth-order valence-corrected chi connectivity index (χ4v) is 6.38. The summed E-state index contributed by atoms with van der Waals surface area (Å²) < 4.78 is 41.9. The van der Waals surface area contributed by atoms with Crippen LogP contribution in [0.5, 0.6) is 6.01 Å². The molecule has 40 heavy (non-hydrogen) atoms. The molecule has 0 unspecified atom stereocenters. The Bertz CT molecular complexity index is 1700. The van der Waals surface area contributed by atoms with E-state index in [0.29, 0.717) is 36.3 Å². The molecule has 1 aliphatic heterocycles. The molecule has 1 amide bonds. The van der Waals surface area contributed by atoms with Crippen molar-refractivity contribution in [3.8, 4) is 23.2 Å². The SMILES string of the molecule is C=CC(=O)N1CC[C@@H](N(C)c2nc(OC)nc3c(F)c(-c4ccc(F)c5sc(N)c(C#N)c45)ccc23)[C@H]1COC. The van der Waals surface area contributed by atoms with E-state index in [1.54, 1.807) is 24.1 Å². The lowest BCUT2D eigenvalue weighted by atomic mass is 9.97. The van der Waals surface area contributed by atoms with E-state index in [0.717, 1.165) is 11.3 Å². The first kappa shape index (κ1) is 27.2. The van der Waals surface area contributed by atoms with E-state index in [2.05, 4.69) is 16.5 Å². The molecule has 5 rings (SSSR count). The number of nitrogens with zero attached hydrogens (tertiary/aromatic N) is 5. The molecule has 0 spiro atoms. The number of likely N-dealkylation sites (tertiary alicyclic amines) is 1. The third-order valence-corrected chi connectivity index (χ3v) is 8.33. The number of halogens is 2. The minimum Gasteiger partial charge on any atom is -0.467 e. The summed E-state index contributed by atoms with van der Waals surface area (Å²) in [4.78, 5) is 24.9. The molecular formula is C28H26F2N6O3S. The monoisotopic (exact) mass is 564 g/mol. The minimum atomic E-state index is -0.683. The number of methoxy groups -OCH3 is 2. The molecule has 0 radical (unpaired) electrons. The second-order valence-electron chi connectivity index (χ2n) is 9.33. The van der Waals surface area contributed by atoms with E-state index >= 15 is 4.39 Å². The Morgan fingerprint density at radius 3 is 2.73 bits per heavy atom. The first-order valence-corrected chi connectivity index (χ1v) is 13.2. The van der Waals surface area contributed by atoms with Crippen molar-refractivity contribution in [1.82, 2.24) is 14.9 Å². The van der Waals surface area contributed by atoms with Gasteiger partial charge in [-0.05, 0) is 30.2 Å². The standard InChI is InChI=1S/C28H26F2N6O3S/c1-5-21(37)36-11-10-19(20(36)13-38-3)35(2)27-16-7-6-15(23(30)24(16)33-28(34-27)39-4)14-8-9-18(29)25-22(14)17(12-31)26(32)40-25/h5-9,19-20H,1,10-11,13,32H2,2-4H3/t19-,20-/m1/s1. The first-order valence-electron chi connectivity index (χ1n) is 12.4. The lowest BCUT2D eigenvalue weighted by molar-refractivity contribution is -0.127. The van der Waals surface area contributed by atoms with Gasteiger partial charge in [-0.15, -0.1) is 11.3 Å². The summed E-state index contributed by atoms with van der Waals surface area (Å²) in [6.45, 7) is 4.39. The largest absolute Gasteiger partial charge is 0.467 e. The van der Waals surface area contributed by atoms with E-state index in [-0.39, 0.29) is 55.7 Å². The summed E-state index contributed by atoms with van der Waals surface area (Å²) in [5.74, 6) is -1.02. The van der Waals surface area contributed by atoms with Gasteiger partial charge in [-0.2, -0.15) is 15.2 Å². The number of nitrogens with two attached hydrogens (primary N) is 1. The Kier molecular flexibility index (Phi) is 7.27. The number of nitriles is 1. The number of hydrogen-bond acceptors (Lipinski definition) is 9. The Hall–Kier alpha value is -4.34. The van der Waals surface area contributed by atoms with Crippen molar-refractivity contribution < 1.29 is 23.0 Å².